The number of rotatable bonds is 7. The van der Waals surface area contributed by atoms with E-state index in [1.807, 2.05) is 0 Å². The molecule has 0 atom stereocenters. The maximum Gasteiger partial charge on any atom is 0.287 e. The summed E-state index contributed by atoms with van der Waals surface area (Å²) >= 11 is 6.04. The summed E-state index contributed by atoms with van der Waals surface area (Å²) in [6.07, 6.45) is 6.40. The second kappa shape index (κ2) is 5.92. The molecule has 1 aromatic rings. The fourth-order valence-electron chi connectivity index (χ4n) is 2.35. The van der Waals surface area contributed by atoms with Crippen molar-refractivity contribution in [3.63, 3.8) is 0 Å². The van der Waals surface area contributed by atoms with Crippen molar-refractivity contribution in [1.29, 1.82) is 0 Å². The summed E-state index contributed by atoms with van der Waals surface area (Å²) in [5.74, 6) is 0. The molecular weight excluding hydrogens is 266 g/mol. The van der Waals surface area contributed by atoms with Crippen molar-refractivity contribution in [2.75, 3.05) is 18.5 Å². The van der Waals surface area contributed by atoms with E-state index in [1.54, 1.807) is 6.20 Å². The summed E-state index contributed by atoms with van der Waals surface area (Å²) in [6.45, 7) is 3.06. The molecule has 0 bridgehead atoms. The molecule has 1 aliphatic rings. The van der Waals surface area contributed by atoms with Crippen LogP contribution in [0.4, 0.5) is 5.69 Å². The molecule has 6 heteroatoms. The zero-order valence-electron chi connectivity index (χ0n) is 11.2. The van der Waals surface area contributed by atoms with Crippen LogP contribution in [-0.2, 0) is 6.54 Å². The van der Waals surface area contributed by atoms with E-state index in [4.69, 9.17) is 16.7 Å². The smallest absolute Gasteiger partial charge is 0.287 e. The van der Waals surface area contributed by atoms with Gasteiger partial charge >= 0.3 is 0 Å². The van der Waals surface area contributed by atoms with Gasteiger partial charge in [0.25, 0.3) is 5.56 Å². The molecule has 0 amide bonds. The lowest BCUT2D eigenvalue weighted by atomic mass is 10.0. The number of halogens is 1. The number of aromatic nitrogens is 2. The molecule has 0 aromatic carbocycles. The molecule has 0 unspecified atom stereocenters. The number of nitrogens with zero attached hydrogens (tertiary/aromatic N) is 2. The quantitative estimate of drug-likeness (QED) is 0.803. The maximum absolute atomic E-state index is 11.9. The Hall–Kier alpha value is -1.07. The van der Waals surface area contributed by atoms with Crippen molar-refractivity contribution in [2.45, 2.75) is 39.2 Å². The SMILES string of the molecule is CCCC1(CNc2cnn(CCO)c(=O)c2Cl)CC1. The molecule has 0 aliphatic heterocycles. The van der Waals surface area contributed by atoms with Gasteiger partial charge in [-0.25, -0.2) is 4.68 Å². The first-order valence-electron chi connectivity index (χ1n) is 6.72. The maximum atomic E-state index is 11.9. The number of hydrogen-bond acceptors (Lipinski definition) is 4. The van der Waals surface area contributed by atoms with Crippen LogP contribution < -0.4 is 10.9 Å². The van der Waals surface area contributed by atoms with Crippen LogP contribution >= 0.6 is 11.6 Å². The van der Waals surface area contributed by atoms with Gasteiger partial charge in [-0.15, -0.1) is 0 Å². The Bertz CT molecular complexity index is 497. The molecule has 1 saturated carbocycles. The average molecular weight is 286 g/mol. The van der Waals surface area contributed by atoms with Crippen LogP contribution in [0.1, 0.15) is 32.6 Å². The highest BCUT2D eigenvalue weighted by molar-refractivity contribution is 6.32. The van der Waals surface area contributed by atoms with Crippen LogP contribution in [0, 0.1) is 5.41 Å². The van der Waals surface area contributed by atoms with E-state index in [1.165, 1.54) is 30.4 Å². The van der Waals surface area contributed by atoms with E-state index in [-0.39, 0.29) is 23.7 Å². The lowest BCUT2D eigenvalue weighted by Crippen LogP contribution is -2.26. The van der Waals surface area contributed by atoms with Crippen LogP contribution in [0.25, 0.3) is 0 Å². The molecule has 0 spiro atoms. The Morgan fingerprint density at radius 3 is 2.89 bits per heavy atom. The second-order valence-corrected chi connectivity index (χ2v) is 5.61. The molecule has 1 aromatic heterocycles. The largest absolute Gasteiger partial charge is 0.394 e. The number of aliphatic hydroxyl groups excluding tert-OH is 1. The molecule has 0 radical (unpaired) electrons. The second-order valence-electron chi connectivity index (χ2n) is 5.23. The van der Waals surface area contributed by atoms with E-state index in [0.717, 1.165) is 6.54 Å². The summed E-state index contributed by atoms with van der Waals surface area (Å²) in [7, 11) is 0. The van der Waals surface area contributed by atoms with Gasteiger partial charge < -0.3 is 10.4 Å². The minimum atomic E-state index is -0.360. The first kappa shape index (κ1) is 14.3. The zero-order valence-corrected chi connectivity index (χ0v) is 11.9. The van der Waals surface area contributed by atoms with Crippen LogP contribution in [0.15, 0.2) is 11.0 Å². The third kappa shape index (κ3) is 3.28. The van der Waals surface area contributed by atoms with E-state index < -0.39 is 0 Å². The molecule has 2 N–H and O–H groups in total. The third-order valence-corrected chi connectivity index (χ3v) is 4.05. The van der Waals surface area contributed by atoms with Gasteiger partial charge in [-0.1, -0.05) is 24.9 Å². The molecular formula is C13H20ClN3O2. The van der Waals surface area contributed by atoms with E-state index in [2.05, 4.69) is 17.3 Å². The first-order chi connectivity index (χ1) is 9.12. The molecule has 106 valence electrons. The standard InChI is InChI=1S/C13H20ClN3O2/c1-2-3-13(4-5-13)9-15-10-8-16-17(6-7-18)12(19)11(10)14/h8,15,18H,2-7,9H2,1H3. The van der Waals surface area contributed by atoms with Crippen molar-refractivity contribution < 1.29 is 5.11 Å². The fourth-order valence-corrected chi connectivity index (χ4v) is 2.56. The zero-order chi connectivity index (χ0) is 13.9. The van der Waals surface area contributed by atoms with Gasteiger partial charge in [0.2, 0.25) is 0 Å². The normalized spacial score (nSPS) is 16.4. The van der Waals surface area contributed by atoms with Crippen LogP contribution in [0.3, 0.4) is 0 Å². The number of anilines is 1. The Morgan fingerprint density at radius 2 is 2.32 bits per heavy atom. The summed E-state index contributed by atoms with van der Waals surface area (Å²) in [5, 5.41) is 16.2. The van der Waals surface area contributed by atoms with Gasteiger partial charge in [0.1, 0.15) is 5.02 Å². The Morgan fingerprint density at radius 1 is 1.58 bits per heavy atom. The monoisotopic (exact) mass is 285 g/mol. The number of nitrogens with one attached hydrogen (secondary N) is 1. The molecule has 1 heterocycles. The van der Waals surface area contributed by atoms with Crippen LogP contribution in [0.5, 0.6) is 0 Å². The molecule has 0 saturated heterocycles. The van der Waals surface area contributed by atoms with E-state index >= 15 is 0 Å². The first-order valence-corrected chi connectivity index (χ1v) is 7.10. The van der Waals surface area contributed by atoms with Crippen molar-refractivity contribution in [3.05, 3.63) is 21.6 Å². The van der Waals surface area contributed by atoms with Gasteiger partial charge in [-0.05, 0) is 24.7 Å². The van der Waals surface area contributed by atoms with Crippen molar-refractivity contribution in [1.82, 2.24) is 9.78 Å². The topological polar surface area (TPSA) is 67.2 Å². The Balaban J connectivity index is 2.05. The highest BCUT2D eigenvalue weighted by Gasteiger charge is 2.41. The molecule has 2 rings (SSSR count). The van der Waals surface area contributed by atoms with Gasteiger partial charge in [-0.3, -0.25) is 4.79 Å². The average Bonchev–Trinajstić information content (AvgIpc) is 3.15. The van der Waals surface area contributed by atoms with E-state index in [0.29, 0.717) is 11.1 Å². The van der Waals surface area contributed by atoms with E-state index in [9.17, 15) is 4.79 Å². The summed E-state index contributed by atoms with van der Waals surface area (Å²) in [5.41, 5.74) is 0.613. The summed E-state index contributed by atoms with van der Waals surface area (Å²) in [4.78, 5) is 11.9. The fraction of sp³-hybridized carbons (Fsp3) is 0.692. The molecule has 1 aliphatic carbocycles. The highest BCUT2D eigenvalue weighted by atomic mass is 35.5. The summed E-state index contributed by atoms with van der Waals surface area (Å²) in [6, 6.07) is 0. The van der Waals surface area contributed by atoms with Crippen molar-refractivity contribution in [3.8, 4) is 0 Å². The number of hydrogen-bond donors (Lipinski definition) is 2. The summed E-state index contributed by atoms with van der Waals surface area (Å²) < 4.78 is 1.17. The molecule has 5 nitrogen and oxygen atoms in total. The van der Waals surface area contributed by atoms with Crippen LogP contribution in [-0.4, -0.2) is 28.0 Å². The highest BCUT2D eigenvalue weighted by Crippen LogP contribution is 2.49. The van der Waals surface area contributed by atoms with Gasteiger partial charge in [0, 0.05) is 6.54 Å². The Kier molecular flexibility index (Phi) is 4.47. The predicted octanol–water partition coefficient (Wildman–Crippen LogP) is 1.88. The minimum absolute atomic E-state index is 0.129. The lowest BCUT2D eigenvalue weighted by molar-refractivity contribution is 0.266. The lowest BCUT2D eigenvalue weighted by Gasteiger charge is -2.16. The van der Waals surface area contributed by atoms with Crippen molar-refractivity contribution in [2.24, 2.45) is 5.41 Å². The molecule has 1 fully saturated rings. The predicted molar refractivity (Wildman–Crippen MR) is 75.7 cm³/mol. The Labute approximate surface area is 117 Å². The third-order valence-electron chi connectivity index (χ3n) is 3.69. The number of aliphatic hydroxyl groups is 1. The van der Waals surface area contributed by atoms with Gasteiger partial charge in [-0.2, -0.15) is 5.10 Å². The molecule has 19 heavy (non-hydrogen) atoms. The minimum Gasteiger partial charge on any atom is -0.394 e. The van der Waals surface area contributed by atoms with Gasteiger partial charge in [0.15, 0.2) is 0 Å². The van der Waals surface area contributed by atoms with Crippen LogP contribution in [0.2, 0.25) is 5.02 Å². The van der Waals surface area contributed by atoms with Crippen molar-refractivity contribution >= 4 is 17.3 Å². The van der Waals surface area contributed by atoms with Gasteiger partial charge in [0.05, 0.1) is 25.0 Å².